The fourth-order valence-electron chi connectivity index (χ4n) is 1.60. The first-order valence-electron chi connectivity index (χ1n) is 5.77. The Morgan fingerprint density at radius 1 is 1.32 bits per heavy atom. The van der Waals surface area contributed by atoms with Gasteiger partial charge >= 0.3 is 0 Å². The van der Waals surface area contributed by atoms with Crippen molar-refractivity contribution in [3.05, 3.63) is 47.8 Å². The number of pyridine rings is 1. The Balaban J connectivity index is 2.22. The fourth-order valence-corrected chi connectivity index (χ4v) is 1.60. The van der Waals surface area contributed by atoms with Crippen LogP contribution in [0.2, 0.25) is 0 Å². The van der Waals surface area contributed by atoms with E-state index in [1.807, 2.05) is 13.0 Å². The summed E-state index contributed by atoms with van der Waals surface area (Å²) in [5, 5.41) is 2.74. The van der Waals surface area contributed by atoms with Crippen LogP contribution in [-0.4, -0.2) is 18.0 Å². The number of nitrogens with one attached hydrogen (secondary N) is 1. The highest BCUT2D eigenvalue weighted by Gasteiger charge is 2.11. The summed E-state index contributed by atoms with van der Waals surface area (Å²) >= 11 is 0. The number of hydrogen-bond acceptors (Lipinski definition) is 4. The van der Waals surface area contributed by atoms with Crippen LogP contribution < -0.4 is 15.8 Å². The van der Waals surface area contributed by atoms with Gasteiger partial charge in [-0.15, -0.1) is 0 Å². The SMILES string of the molecule is COc1ccc(N)c(C(=O)Nc2ccc(C)nc2)c1. The number of benzene rings is 1. The van der Waals surface area contributed by atoms with Crippen LogP contribution in [0.4, 0.5) is 11.4 Å². The predicted molar refractivity (Wildman–Crippen MR) is 74.3 cm³/mol. The van der Waals surface area contributed by atoms with Crippen LogP contribution in [0.5, 0.6) is 5.75 Å². The second kappa shape index (κ2) is 5.39. The minimum atomic E-state index is -0.290. The summed E-state index contributed by atoms with van der Waals surface area (Å²) in [5.41, 5.74) is 8.08. The number of amides is 1. The van der Waals surface area contributed by atoms with Gasteiger partial charge in [0.1, 0.15) is 5.75 Å². The van der Waals surface area contributed by atoms with Crippen molar-refractivity contribution in [3.8, 4) is 5.75 Å². The molecule has 5 nitrogen and oxygen atoms in total. The molecule has 1 amide bonds. The minimum absolute atomic E-state index is 0.290. The maximum absolute atomic E-state index is 12.1. The number of nitrogens with zero attached hydrogens (tertiary/aromatic N) is 1. The first-order valence-corrected chi connectivity index (χ1v) is 5.77. The van der Waals surface area contributed by atoms with E-state index in [1.54, 1.807) is 30.5 Å². The van der Waals surface area contributed by atoms with E-state index in [2.05, 4.69) is 10.3 Å². The number of hydrogen-bond donors (Lipinski definition) is 2. The van der Waals surface area contributed by atoms with Crippen LogP contribution in [0.3, 0.4) is 0 Å². The van der Waals surface area contributed by atoms with E-state index in [-0.39, 0.29) is 5.91 Å². The lowest BCUT2D eigenvalue weighted by atomic mass is 10.1. The minimum Gasteiger partial charge on any atom is -0.497 e. The van der Waals surface area contributed by atoms with E-state index < -0.39 is 0 Å². The van der Waals surface area contributed by atoms with Crippen molar-refractivity contribution in [3.63, 3.8) is 0 Å². The van der Waals surface area contributed by atoms with E-state index in [0.29, 0.717) is 22.7 Å². The smallest absolute Gasteiger partial charge is 0.257 e. The van der Waals surface area contributed by atoms with Gasteiger partial charge in [0, 0.05) is 11.4 Å². The molecule has 0 atom stereocenters. The molecular formula is C14H15N3O2. The highest BCUT2D eigenvalue weighted by Crippen LogP contribution is 2.20. The van der Waals surface area contributed by atoms with E-state index in [9.17, 15) is 4.79 Å². The van der Waals surface area contributed by atoms with Gasteiger partial charge in [0.05, 0.1) is 24.6 Å². The van der Waals surface area contributed by atoms with Crippen molar-refractivity contribution in [1.29, 1.82) is 0 Å². The monoisotopic (exact) mass is 257 g/mol. The molecule has 0 radical (unpaired) electrons. The molecule has 0 aliphatic carbocycles. The normalized spacial score (nSPS) is 10.0. The Bertz CT molecular complexity index is 594. The number of rotatable bonds is 3. The Hall–Kier alpha value is -2.56. The summed E-state index contributed by atoms with van der Waals surface area (Å²) in [7, 11) is 1.54. The number of carbonyl (C=O) groups excluding carboxylic acids is 1. The Morgan fingerprint density at radius 3 is 2.74 bits per heavy atom. The molecule has 1 aromatic carbocycles. The van der Waals surface area contributed by atoms with Gasteiger partial charge in [-0.05, 0) is 37.3 Å². The van der Waals surface area contributed by atoms with Gasteiger partial charge in [0.25, 0.3) is 5.91 Å². The molecule has 0 spiro atoms. The maximum Gasteiger partial charge on any atom is 0.257 e. The van der Waals surface area contributed by atoms with Gasteiger partial charge in [-0.1, -0.05) is 0 Å². The zero-order valence-corrected chi connectivity index (χ0v) is 10.8. The van der Waals surface area contributed by atoms with Crippen LogP contribution in [0.15, 0.2) is 36.5 Å². The molecule has 1 heterocycles. The highest BCUT2D eigenvalue weighted by atomic mass is 16.5. The Morgan fingerprint density at radius 2 is 2.11 bits per heavy atom. The molecule has 3 N–H and O–H groups in total. The van der Waals surface area contributed by atoms with Crippen LogP contribution in [0.25, 0.3) is 0 Å². The third-order valence-electron chi connectivity index (χ3n) is 2.67. The van der Waals surface area contributed by atoms with Crippen molar-refractivity contribution in [1.82, 2.24) is 4.98 Å². The van der Waals surface area contributed by atoms with E-state index >= 15 is 0 Å². The molecule has 0 saturated heterocycles. The molecule has 0 saturated carbocycles. The molecule has 0 fully saturated rings. The van der Waals surface area contributed by atoms with Crippen LogP contribution in [0, 0.1) is 6.92 Å². The van der Waals surface area contributed by atoms with Crippen molar-refractivity contribution >= 4 is 17.3 Å². The lowest BCUT2D eigenvalue weighted by molar-refractivity contribution is 0.102. The van der Waals surface area contributed by atoms with Gasteiger partial charge < -0.3 is 15.8 Å². The number of nitrogens with two attached hydrogens (primary N) is 1. The summed E-state index contributed by atoms with van der Waals surface area (Å²) in [5.74, 6) is 0.295. The quantitative estimate of drug-likeness (QED) is 0.827. The molecule has 0 bridgehead atoms. The molecule has 19 heavy (non-hydrogen) atoms. The van der Waals surface area contributed by atoms with E-state index in [1.165, 1.54) is 7.11 Å². The number of aromatic nitrogens is 1. The summed E-state index contributed by atoms with van der Waals surface area (Å²) < 4.78 is 5.08. The molecule has 1 aromatic heterocycles. The van der Waals surface area contributed by atoms with Crippen molar-refractivity contribution in [2.75, 3.05) is 18.2 Å². The summed E-state index contributed by atoms with van der Waals surface area (Å²) in [6.07, 6.45) is 1.60. The number of methoxy groups -OCH3 is 1. The Kier molecular flexibility index (Phi) is 3.66. The zero-order valence-electron chi connectivity index (χ0n) is 10.8. The molecule has 5 heteroatoms. The van der Waals surface area contributed by atoms with Gasteiger partial charge in [0.15, 0.2) is 0 Å². The van der Waals surface area contributed by atoms with Gasteiger partial charge in [-0.3, -0.25) is 9.78 Å². The number of anilines is 2. The number of nitrogen functional groups attached to an aromatic ring is 1. The summed E-state index contributed by atoms with van der Waals surface area (Å²) in [4.78, 5) is 16.2. The topological polar surface area (TPSA) is 77.2 Å². The molecule has 0 aliphatic heterocycles. The summed E-state index contributed by atoms with van der Waals surface area (Å²) in [6, 6.07) is 8.56. The third kappa shape index (κ3) is 3.01. The van der Waals surface area contributed by atoms with Gasteiger partial charge in [0.2, 0.25) is 0 Å². The van der Waals surface area contributed by atoms with Crippen molar-refractivity contribution in [2.45, 2.75) is 6.92 Å². The molecule has 98 valence electrons. The second-order valence-corrected chi connectivity index (χ2v) is 4.10. The molecule has 2 aromatic rings. The predicted octanol–water partition coefficient (Wildman–Crippen LogP) is 2.23. The van der Waals surface area contributed by atoms with Gasteiger partial charge in [-0.25, -0.2) is 0 Å². The average Bonchev–Trinajstić information content (AvgIpc) is 2.42. The van der Waals surface area contributed by atoms with Crippen molar-refractivity contribution < 1.29 is 9.53 Å². The lowest BCUT2D eigenvalue weighted by Gasteiger charge is -2.09. The number of carbonyl (C=O) groups is 1. The lowest BCUT2D eigenvalue weighted by Crippen LogP contribution is -2.14. The first kappa shape index (κ1) is 12.9. The first-order chi connectivity index (χ1) is 9.10. The largest absolute Gasteiger partial charge is 0.497 e. The van der Waals surface area contributed by atoms with Gasteiger partial charge in [-0.2, -0.15) is 0 Å². The van der Waals surface area contributed by atoms with E-state index in [0.717, 1.165) is 5.69 Å². The zero-order chi connectivity index (χ0) is 13.8. The maximum atomic E-state index is 12.1. The third-order valence-corrected chi connectivity index (χ3v) is 2.67. The van der Waals surface area contributed by atoms with Crippen LogP contribution in [0.1, 0.15) is 16.1 Å². The summed E-state index contributed by atoms with van der Waals surface area (Å²) in [6.45, 7) is 1.88. The molecule has 0 aliphatic rings. The van der Waals surface area contributed by atoms with Crippen molar-refractivity contribution in [2.24, 2.45) is 0 Å². The standard InChI is InChI=1S/C14H15N3O2/c1-9-3-4-10(8-16-9)17-14(18)12-7-11(19-2)5-6-13(12)15/h3-8H,15H2,1-2H3,(H,17,18). The number of aryl methyl sites for hydroxylation is 1. The highest BCUT2D eigenvalue weighted by molar-refractivity contribution is 6.07. The molecule has 0 unspecified atom stereocenters. The fraction of sp³-hybridized carbons (Fsp3) is 0.143. The second-order valence-electron chi connectivity index (χ2n) is 4.10. The van der Waals surface area contributed by atoms with E-state index in [4.69, 9.17) is 10.5 Å². The van der Waals surface area contributed by atoms with Crippen LogP contribution in [-0.2, 0) is 0 Å². The molecular weight excluding hydrogens is 242 g/mol. The average molecular weight is 257 g/mol. The number of ether oxygens (including phenoxy) is 1. The molecule has 2 rings (SSSR count). The Labute approximate surface area is 111 Å². The van der Waals surface area contributed by atoms with Crippen LogP contribution >= 0.6 is 0 Å².